The zero-order valence-electron chi connectivity index (χ0n) is 11.7. The fraction of sp³-hybridized carbons (Fsp3) is 0.867. The van der Waals surface area contributed by atoms with Gasteiger partial charge in [-0.3, -0.25) is 9.59 Å². The van der Waals surface area contributed by atoms with E-state index in [1.165, 1.54) is 19.3 Å². The molecule has 3 aliphatic rings. The molecule has 0 spiro atoms. The summed E-state index contributed by atoms with van der Waals surface area (Å²) in [7, 11) is 0. The van der Waals surface area contributed by atoms with Crippen LogP contribution < -0.4 is 5.32 Å². The molecular formula is C15H24N2O2. The number of rotatable bonds is 2. The first kappa shape index (κ1) is 12.9. The molecule has 0 aromatic heterocycles. The van der Waals surface area contributed by atoms with Crippen molar-refractivity contribution in [3.8, 4) is 0 Å². The minimum Gasteiger partial charge on any atom is -0.342 e. The average Bonchev–Trinajstić information content (AvgIpc) is 3.19. The molecule has 2 amide bonds. The molecule has 1 heterocycles. The SMILES string of the molecule is CC1CCCC(N2CC(=O)NC(C3CC3)C2=O)CC1. The molecule has 3 fully saturated rings. The van der Waals surface area contributed by atoms with Crippen LogP contribution >= 0.6 is 0 Å². The summed E-state index contributed by atoms with van der Waals surface area (Å²) < 4.78 is 0. The Morgan fingerprint density at radius 1 is 1.05 bits per heavy atom. The second-order valence-corrected chi connectivity index (χ2v) is 6.62. The van der Waals surface area contributed by atoms with Crippen LogP contribution in [0.5, 0.6) is 0 Å². The number of nitrogens with zero attached hydrogens (tertiary/aromatic N) is 1. The van der Waals surface area contributed by atoms with E-state index in [4.69, 9.17) is 0 Å². The number of piperazine rings is 1. The molecule has 1 saturated heterocycles. The highest BCUT2D eigenvalue weighted by molar-refractivity contribution is 5.95. The standard InChI is InChI=1S/C15H24N2O2/c1-10-3-2-4-12(8-5-10)17-9-13(18)16-14(15(17)19)11-6-7-11/h10-12,14H,2-9H2,1H3,(H,16,18). The van der Waals surface area contributed by atoms with Crippen LogP contribution in [0.25, 0.3) is 0 Å². The Bertz CT molecular complexity index is 378. The number of amides is 2. The molecule has 19 heavy (non-hydrogen) atoms. The zero-order valence-corrected chi connectivity index (χ0v) is 11.7. The molecule has 3 atom stereocenters. The highest BCUT2D eigenvalue weighted by Crippen LogP contribution is 2.35. The fourth-order valence-corrected chi connectivity index (χ4v) is 3.53. The van der Waals surface area contributed by atoms with Crippen molar-refractivity contribution >= 4 is 11.8 Å². The highest BCUT2D eigenvalue weighted by Gasteiger charge is 2.44. The van der Waals surface area contributed by atoms with Crippen molar-refractivity contribution in [2.45, 2.75) is 64.0 Å². The van der Waals surface area contributed by atoms with Crippen LogP contribution in [0.2, 0.25) is 0 Å². The molecule has 4 nitrogen and oxygen atoms in total. The summed E-state index contributed by atoms with van der Waals surface area (Å²) >= 11 is 0. The monoisotopic (exact) mass is 264 g/mol. The topological polar surface area (TPSA) is 49.4 Å². The van der Waals surface area contributed by atoms with Crippen molar-refractivity contribution in [2.24, 2.45) is 11.8 Å². The van der Waals surface area contributed by atoms with Crippen molar-refractivity contribution < 1.29 is 9.59 Å². The fourth-order valence-electron chi connectivity index (χ4n) is 3.53. The lowest BCUT2D eigenvalue weighted by molar-refractivity contribution is -0.147. The Hall–Kier alpha value is -1.06. The van der Waals surface area contributed by atoms with E-state index < -0.39 is 0 Å². The third-order valence-electron chi connectivity index (χ3n) is 4.94. The Morgan fingerprint density at radius 3 is 2.58 bits per heavy atom. The summed E-state index contributed by atoms with van der Waals surface area (Å²) in [6.07, 6.45) is 7.95. The second kappa shape index (κ2) is 5.14. The summed E-state index contributed by atoms with van der Waals surface area (Å²) in [4.78, 5) is 26.3. The van der Waals surface area contributed by atoms with Crippen LogP contribution in [0.4, 0.5) is 0 Å². The molecule has 0 aromatic rings. The normalized spacial score (nSPS) is 36.9. The van der Waals surface area contributed by atoms with E-state index in [0.717, 1.165) is 31.6 Å². The van der Waals surface area contributed by atoms with E-state index in [1.807, 2.05) is 4.90 Å². The molecule has 106 valence electrons. The van der Waals surface area contributed by atoms with Gasteiger partial charge in [0.15, 0.2) is 0 Å². The van der Waals surface area contributed by atoms with Gasteiger partial charge in [-0.2, -0.15) is 0 Å². The number of carbonyl (C=O) groups is 2. The average molecular weight is 264 g/mol. The maximum absolute atomic E-state index is 12.6. The third-order valence-corrected chi connectivity index (χ3v) is 4.94. The largest absolute Gasteiger partial charge is 0.342 e. The Morgan fingerprint density at radius 2 is 1.84 bits per heavy atom. The van der Waals surface area contributed by atoms with Gasteiger partial charge in [0.2, 0.25) is 11.8 Å². The van der Waals surface area contributed by atoms with Gasteiger partial charge in [-0.1, -0.05) is 19.8 Å². The minimum atomic E-state index is -0.220. The van der Waals surface area contributed by atoms with Gasteiger partial charge in [-0.15, -0.1) is 0 Å². The Labute approximate surface area is 114 Å². The number of nitrogens with one attached hydrogen (secondary N) is 1. The first-order valence-electron chi connectivity index (χ1n) is 7.75. The number of hydrogen-bond acceptors (Lipinski definition) is 2. The van der Waals surface area contributed by atoms with E-state index in [2.05, 4.69) is 12.2 Å². The molecule has 0 bridgehead atoms. The van der Waals surface area contributed by atoms with Crippen LogP contribution in [-0.2, 0) is 9.59 Å². The summed E-state index contributed by atoms with van der Waals surface area (Å²) in [5.41, 5.74) is 0. The molecule has 1 N–H and O–H groups in total. The van der Waals surface area contributed by atoms with E-state index in [0.29, 0.717) is 12.0 Å². The molecule has 3 unspecified atom stereocenters. The molecule has 0 radical (unpaired) electrons. The molecule has 2 saturated carbocycles. The lowest BCUT2D eigenvalue weighted by Gasteiger charge is -2.38. The maximum atomic E-state index is 12.6. The van der Waals surface area contributed by atoms with Crippen LogP contribution in [0.1, 0.15) is 51.9 Å². The lowest BCUT2D eigenvalue weighted by Crippen LogP contribution is -2.61. The van der Waals surface area contributed by atoms with Gasteiger partial charge in [0.25, 0.3) is 0 Å². The summed E-state index contributed by atoms with van der Waals surface area (Å²) in [5, 5.41) is 2.89. The number of hydrogen-bond donors (Lipinski definition) is 1. The van der Waals surface area contributed by atoms with Crippen LogP contribution in [0, 0.1) is 11.8 Å². The number of carbonyl (C=O) groups excluding carboxylic acids is 2. The van der Waals surface area contributed by atoms with Crippen molar-refractivity contribution in [1.29, 1.82) is 0 Å². The van der Waals surface area contributed by atoms with Gasteiger partial charge in [-0.25, -0.2) is 0 Å². The van der Waals surface area contributed by atoms with Crippen molar-refractivity contribution in [1.82, 2.24) is 10.2 Å². The smallest absolute Gasteiger partial charge is 0.246 e. The van der Waals surface area contributed by atoms with Crippen LogP contribution in [0.3, 0.4) is 0 Å². The van der Waals surface area contributed by atoms with Gasteiger partial charge in [-0.05, 0) is 43.9 Å². The van der Waals surface area contributed by atoms with Gasteiger partial charge in [0.05, 0.1) is 6.54 Å². The molecule has 3 rings (SSSR count). The molecule has 0 aromatic carbocycles. The van der Waals surface area contributed by atoms with E-state index >= 15 is 0 Å². The Kier molecular flexibility index (Phi) is 3.50. The van der Waals surface area contributed by atoms with E-state index in [9.17, 15) is 9.59 Å². The van der Waals surface area contributed by atoms with Gasteiger partial charge < -0.3 is 10.2 Å². The predicted octanol–water partition coefficient (Wildman–Crippen LogP) is 1.69. The quantitative estimate of drug-likeness (QED) is 0.772. The highest BCUT2D eigenvalue weighted by atomic mass is 16.2. The summed E-state index contributed by atoms with van der Waals surface area (Å²) in [5.74, 6) is 1.39. The Balaban J connectivity index is 1.70. The molecular weight excluding hydrogens is 240 g/mol. The van der Waals surface area contributed by atoms with Crippen LogP contribution in [-0.4, -0.2) is 35.3 Å². The molecule has 4 heteroatoms. The lowest BCUT2D eigenvalue weighted by atomic mass is 10.0. The van der Waals surface area contributed by atoms with Crippen molar-refractivity contribution in [3.05, 3.63) is 0 Å². The molecule has 1 aliphatic heterocycles. The minimum absolute atomic E-state index is 0.0359. The molecule has 2 aliphatic carbocycles. The summed E-state index contributed by atoms with van der Waals surface area (Å²) in [6.45, 7) is 2.57. The van der Waals surface area contributed by atoms with Gasteiger partial charge in [0.1, 0.15) is 6.04 Å². The van der Waals surface area contributed by atoms with Crippen molar-refractivity contribution in [3.63, 3.8) is 0 Å². The van der Waals surface area contributed by atoms with Crippen molar-refractivity contribution in [2.75, 3.05) is 6.54 Å². The van der Waals surface area contributed by atoms with E-state index in [1.54, 1.807) is 0 Å². The third kappa shape index (κ3) is 2.77. The first-order chi connectivity index (χ1) is 9.15. The maximum Gasteiger partial charge on any atom is 0.246 e. The van der Waals surface area contributed by atoms with Gasteiger partial charge in [0, 0.05) is 6.04 Å². The van der Waals surface area contributed by atoms with E-state index in [-0.39, 0.29) is 24.4 Å². The second-order valence-electron chi connectivity index (χ2n) is 6.62. The van der Waals surface area contributed by atoms with Gasteiger partial charge >= 0.3 is 0 Å². The first-order valence-corrected chi connectivity index (χ1v) is 7.75. The van der Waals surface area contributed by atoms with Crippen LogP contribution in [0.15, 0.2) is 0 Å². The zero-order chi connectivity index (χ0) is 13.4. The predicted molar refractivity (Wildman–Crippen MR) is 72.4 cm³/mol. The summed E-state index contributed by atoms with van der Waals surface area (Å²) in [6, 6.07) is 0.0756.